The second kappa shape index (κ2) is 8.00. The van der Waals surface area contributed by atoms with Gasteiger partial charge in [-0.1, -0.05) is 53.0 Å². The summed E-state index contributed by atoms with van der Waals surface area (Å²) < 4.78 is 0. The largest absolute Gasteiger partial charge is 0.364 e. The van der Waals surface area contributed by atoms with E-state index in [0.29, 0.717) is 34.9 Å². The van der Waals surface area contributed by atoms with Gasteiger partial charge in [0.2, 0.25) is 0 Å². The summed E-state index contributed by atoms with van der Waals surface area (Å²) in [6, 6.07) is 11.8. The predicted molar refractivity (Wildman–Crippen MR) is 116 cm³/mol. The first-order chi connectivity index (χ1) is 13.9. The molecule has 1 fully saturated rings. The quantitative estimate of drug-likeness (QED) is 0.658. The average molecular weight is 451 g/mol. The van der Waals surface area contributed by atoms with Gasteiger partial charge in [-0.3, -0.25) is 9.59 Å². The highest BCUT2D eigenvalue weighted by Crippen LogP contribution is 2.40. The SMILES string of the molecule is CN1CCN(C2=C(c3ccc(Cl)cc3)C(=O)N(c3cccc(Cl)c3Cl)C2=O)CC1. The summed E-state index contributed by atoms with van der Waals surface area (Å²) in [5.41, 5.74) is 1.67. The number of benzene rings is 2. The lowest BCUT2D eigenvalue weighted by atomic mass is 10.0. The Hall–Kier alpha value is -2.05. The van der Waals surface area contributed by atoms with Crippen molar-refractivity contribution in [3.63, 3.8) is 0 Å². The van der Waals surface area contributed by atoms with Crippen LogP contribution >= 0.6 is 34.8 Å². The van der Waals surface area contributed by atoms with E-state index in [4.69, 9.17) is 34.8 Å². The third-order valence-electron chi connectivity index (χ3n) is 5.18. The first-order valence-electron chi connectivity index (χ1n) is 9.15. The predicted octanol–water partition coefficient (Wildman–Crippen LogP) is 4.18. The third-order valence-corrected chi connectivity index (χ3v) is 6.24. The molecule has 2 amide bonds. The Bertz CT molecular complexity index is 1010. The Morgan fingerprint density at radius 2 is 1.48 bits per heavy atom. The first kappa shape index (κ1) is 20.2. The average Bonchev–Trinajstić information content (AvgIpc) is 2.96. The summed E-state index contributed by atoms with van der Waals surface area (Å²) in [5.74, 6) is -0.816. The van der Waals surface area contributed by atoms with Gasteiger partial charge in [-0.05, 0) is 36.9 Å². The Kier molecular flexibility index (Phi) is 5.58. The fraction of sp³-hybridized carbons (Fsp3) is 0.238. The van der Waals surface area contributed by atoms with Crippen molar-refractivity contribution >= 4 is 57.9 Å². The standard InChI is InChI=1S/C21H18Cl3N3O2/c1-25-9-11-26(12-10-25)19-17(13-5-7-14(22)8-6-13)20(28)27(21(19)29)16-4-2-3-15(23)18(16)24/h2-8H,9-12H2,1H3. The van der Waals surface area contributed by atoms with Crippen LogP contribution in [-0.2, 0) is 9.59 Å². The molecule has 0 aromatic heterocycles. The molecule has 0 N–H and O–H groups in total. The number of imide groups is 1. The van der Waals surface area contributed by atoms with Crippen LogP contribution in [0.25, 0.3) is 5.57 Å². The minimum absolute atomic E-state index is 0.172. The van der Waals surface area contributed by atoms with Crippen LogP contribution in [0.2, 0.25) is 15.1 Å². The number of likely N-dealkylation sites (N-methyl/N-ethyl adjacent to an activating group) is 1. The minimum atomic E-state index is -0.421. The van der Waals surface area contributed by atoms with Crippen LogP contribution in [0.15, 0.2) is 48.2 Å². The number of amides is 2. The molecule has 0 saturated carbocycles. The van der Waals surface area contributed by atoms with Crippen molar-refractivity contribution in [2.24, 2.45) is 0 Å². The molecule has 2 aromatic rings. The fourth-order valence-electron chi connectivity index (χ4n) is 3.60. The second-order valence-electron chi connectivity index (χ2n) is 7.04. The smallest absolute Gasteiger partial charge is 0.282 e. The number of hydrogen-bond acceptors (Lipinski definition) is 4. The number of carbonyl (C=O) groups is 2. The maximum Gasteiger partial charge on any atom is 0.282 e. The lowest BCUT2D eigenvalue weighted by molar-refractivity contribution is -0.120. The second-order valence-corrected chi connectivity index (χ2v) is 8.26. The van der Waals surface area contributed by atoms with E-state index in [0.717, 1.165) is 18.0 Å². The van der Waals surface area contributed by atoms with Crippen LogP contribution in [0.1, 0.15) is 5.56 Å². The summed E-state index contributed by atoms with van der Waals surface area (Å²) in [7, 11) is 2.03. The Balaban J connectivity index is 1.83. The van der Waals surface area contributed by atoms with Crippen molar-refractivity contribution in [1.29, 1.82) is 0 Å². The summed E-state index contributed by atoms with van der Waals surface area (Å²) in [5, 5.41) is 1.01. The normalized spacial score (nSPS) is 18.2. The first-order valence-corrected chi connectivity index (χ1v) is 10.3. The van der Waals surface area contributed by atoms with Crippen molar-refractivity contribution in [2.75, 3.05) is 38.1 Å². The van der Waals surface area contributed by atoms with Gasteiger partial charge in [0.25, 0.3) is 11.8 Å². The van der Waals surface area contributed by atoms with E-state index in [1.165, 1.54) is 0 Å². The lowest BCUT2D eigenvalue weighted by Crippen LogP contribution is -2.46. The Labute approximate surface area is 184 Å². The zero-order chi connectivity index (χ0) is 20.7. The van der Waals surface area contributed by atoms with Crippen LogP contribution in [-0.4, -0.2) is 54.8 Å². The molecule has 0 bridgehead atoms. The molecule has 0 radical (unpaired) electrons. The molecule has 2 aliphatic rings. The summed E-state index contributed by atoms with van der Waals surface area (Å²) in [6.07, 6.45) is 0. The van der Waals surface area contributed by atoms with E-state index in [9.17, 15) is 9.59 Å². The molecule has 2 aliphatic heterocycles. The Morgan fingerprint density at radius 1 is 0.828 bits per heavy atom. The van der Waals surface area contributed by atoms with Gasteiger partial charge in [-0.15, -0.1) is 0 Å². The van der Waals surface area contributed by atoms with Gasteiger partial charge in [-0.2, -0.15) is 0 Å². The number of nitrogens with zero attached hydrogens (tertiary/aromatic N) is 3. The summed E-state index contributed by atoms with van der Waals surface area (Å²) in [4.78, 5) is 32.2. The van der Waals surface area contributed by atoms with Gasteiger partial charge in [-0.25, -0.2) is 4.90 Å². The van der Waals surface area contributed by atoms with Gasteiger partial charge in [0.1, 0.15) is 5.70 Å². The number of rotatable bonds is 3. The van der Waals surface area contributed by atoms with E-state index in [1.807, 2.05) is 11.9 Å². The van der Waals surface area contributed by atoms with E-state index < -0.39 is 11.8 Å². The van der Waals surface area contributed by atoms with Crippen molar-refractivity contribution < 1.29 is 9.59 Å². The lowest BCUT2D eigenvalue weighted by Gasteiger charge is -2.34. The molecule has 2 heterocycles. The van der Waals surface area contributed by atoms with Crippen LogP contribution in [0, 0.1) is 0 Å². The van der Waals surface area contributed by atoms with Gasteiger partial charge in [0.05, 0.1) is 21.3 Å². The minimum Gasteiger partial charge on any atom is -0.364 e. The molecule has 29 heavy (non-hydrogen) atoms. The molecule has 8 heteroatoms. The molecule has 0 spiro atoms. The van der Waals surface area contributed by atoms with Gasteiger partial charge in [0, 0.05) is 31.2 Å². The van der Waals surface area contributed by atoms with Gasteiger partial charge < -0.3 is 9.80 Å². The fourth-order valence-corrected chi connectivity index (χ4v) is 4.11. The maximum atomic E-state index is 13.5. The molecular formula is C21H18Cl3N3O2. The molecule has 150 valence electrons. The molecular weight excluding hydrogens is 433 g/mol. The van der Waals surface area contributed by atoms with Crippen LogP contribution in [0.4, 0.5) is 5.69 Å². The summed E-state index contributed by atoms with van der Waals surface area (Å²) in [6.45, 7) is 2.91. The third kappa shape index (κ3) is 3.64. The molecule has 0 aliphatic carbocycles. The van der Waals surface area contributed by atoms with E-state index >= 15 is 0 Å². The summed E-state index contributed by atoms with van der Waals surface area (Å²) >= 11 is 18.5. The van der Waals surface area contributed by atoms with Crippen LogP contribution < -0.4 is 4.90 Å². The van der Waals surface area contributed by atoms with Crippen LogP contribution in [0.5, 0.6) is 0 Å². The molecule has 0 unspecified atom stereocenters. The molecule has 2 aromatic carbocycles. The molecule has 5 nitrogen and oxygen atoms in total. The van der Waals surface area contributed by atoms with Crippen molar-refractivity contribution in [3.05, 3.63) is 68.8 Å². The molecule has 0 atom stereocenters. The molecule has 4 rings (SSSR count). The highest BCUT2D eigenvalue weighted by Gasteiger charge is 2.43. The van der Waals surface area contributed by atoms with Crippen molar-refractivity contribution in [3.8, 4) is 0 Å². The van der Waals surface area contributed by atoms with E-state index in [2.05, 4.69) is 4.90 Å². The number of carbonyl (C=O) groups excluding carboxylic acids is 2. The zero-order valence-corrected chi connectivity index (χ0v) is 17.9. The topological polar surface area (TPSA) is 43.9 Å². The Morgan fingerprint density at radius 3 is 2.14 bits per heavy atom. The monoisotopic (exact) mass is 449 g/mol. The van der Waals surface area contributed by atoms with Crippen molar-refractivity contribution in [2.45, 2.75) is 0 Å². The van der Waals surface area contributed by atoms with E-state index in [1.54, 1.807) is 42.5 Å². The maximum absolute atomic E-state index is 13.5. The highest BCUT2D eigenvalue weighted by molar-refractivity contribution is 6.49. The highest BCUT2D eigenvalue weighted by atomic mass is 35.5. The van der Waals surface area contributed by atoms with Crippen LogP contribution in [0.3, 0.4) is 0 Å². The molecule has 1 saturated heterocycles. The number of anilines is 1. The number of piperazine rings is 1. The number of hydrogen-bond donors (Lipinski definition) is 0. The van der Waals surface area contributed by atoms with Crippen molar-refractivity contribution in [1.82, 2.24) is 9.80 Å². The number of halogens is 3. The van der Waals surface area contributed by atoms with E-state index in [-0.39, 0.29) is 15.7 Å². The van der Waals surface area contributed by atoms with Gasteiger partial charge in [0.15, 0.2) is 0 Å². The zero-order valence-electron chi connectivity index (χ0n) is 15.7. The van der Waals surface area contributed by atoms with Gasteiger partial charge >= 0.3 is 0 Å².